The van der Waals surface area contributed by atoms with E-state index >= 15 is 0 Å². The van der Waals surface area contributed by atoms with Gasteiger partial charge in [0.05, 0.1) is 16.1 Å². The van der Waals surface area contributed by atoms with Gasteiger partial charge in [0.2, 0.25) is 5.89 Å². The topological polar surface area (TPSA) is 119 Å². The smallest absolute Gasteiger partial charge is 0.337 e. The number of hydrogen-bond donors (Lipinski definition) is 2. The van der Waals surface area contributed by atoms with Crippen LogP contribution in [0.3, 0.4) is 0 Å². The zero-order chi connectivity index (χ0) is 25.2. The van der Waals surface area contributed by atoms with Gasteiger partial charge in [0.15, 0.2) is 0 Å². The maximum atomic E-state index is 13.1. The molecule has 180 valence electrons. The summed E-state index contributed by atoms with van der Waals surface area (Å²) in [5.74, 6) is -0.424. The fourth-order valence-corrected chi connectivity index (χ4v) is 4.38. The second kappa shape index (κ2) is 9.77. The summed E-state index contributed by atoms with van der Waals surface area (Å²) in [5, 5.41) is 9.47. The zero-order valence-electron chi connectivity index (χ0n) is 18.2. The molecule has 0 saturated heterocycles. The van der Waals surface area contributed by atoms with Crippen LogP contribution in [0.2, 0.25) is 5.02 Å². The van der Waals surface area contributed by atoms with Crippen LogP contribution < -0.4 is 9.46 Å². The zero-order valence-corrected chi connectivity index (χ0v) is 19.7. The Kier molecular flexibility index (Phi) is 6.77. The lowest BCUT2D eigenvalue weighted by Gasteiger charge is -2.12. The van der Waals surface area contributed by atoms with E-state index in [-0.39, 0.29) is 33.6 Å². The predicted molar refractivity (Wildman–Crippen MR) is 127 cm³/mol. The molecule has 1 aromatic heterocycles. The normalized spacial score (nSPS) is 11.3. The van der Waals surface area contributed by atoms with Crippen LogP contribution in [0.1, 0.15) is 21.8 Å². The summed E-state index contributed by atoms with van der Waals surface area (Å²) in [5.41, 5.74) is 0.767. The van der Waals surface area contributed by atoms with Gasteiger partial charge in [-0.1, -0.05) is 11.6 Å². The van der Waals surface area contributed by atoms with Gasteiger partial charge >= 0.3 is 5.97 Å². The van der Waals surface area contributed by atoms with Crippen molar-refractivity contribution in [1.82, 2.24) is 4.98 Å². The maximum Gasteiger partial charge on any atom is 0.337 e. The summed E-state index contributed by atoms with van der Waals surface area (Å²) < 4.78 is 52.2. The number of nitrogens with one attached hydrogen (secondary N) is 1. The first-order valence-corrected chi connectivity index (χ1v) is 12.0. The Balaban J connectivity index is 1.46. The van der Waals surface area contributed by atoms with Crippen LogP contribution in [0.25, 0.3) is 11.5 Å². The minimum atomic E-state index is -4.09. The summed E-state index contributed by atoms with van der Waals surface area (Å²) in [4.78, 5) is 15.7. The Hall–Kier alpha value is -3.89. The molecule has 0 fully saturated rings. The Labute approximate surface area is 205 Å². The number of anilines is 1. The number of carboxylic acid groups (broad SMARTS) is 1. The number of hydrogen-bond acceptors (Lipinski definition) is 6. The summed E-state index contributed by atoms with van der Waals surface area (Å²) in [6.07, 6.45) is 0. The fourth-order valence-electron chi connectivity index (χ4n) is 3.14. The first kappa shape index (κ1) is 24.2. The molecule has 2 N–H and O–H groups in total. The Bertz CT molecular complexity index is 1490. The number of sulfonamides is 1. The largest absolute Gasteiger partial charge is 0.487 e. The number of oxazole rings is 1. The summed E-state index contributed by atoms with van der Waals surface area (Å²) in [6, 6.07) is 15.1. The lowest BCUT2D eigenvalue weighted by Crippen LogP contribution is -2.15. The molecular formula is C24H18ClFN2O6S. The molecule has 1 heterocycles. The van der Waals surface area contributed by atoms with E-state index in [0.29, 0.717) is 28.7 Å². The van der Waals surface area contributed by atoms with Crippen molar-refractivity contribution in [2.75, 3.05) is 4.72 Å². The summed E-state index contributed by atoms with van der Waals surface area (Å²) in [6.45, 7) is 1.78. The van der Waals surface area contributed by atoms with Gasteiger partial charge in [-0.15, -0.1) is 0 Å². The first-order valence-electron chi connectivity index (χ1n) is 10.1. The number of rotatable bonds is 8. The summed E-state index contributed by atoms with van der Waals surface area (Å²) in [7, 11) is -4.09. The van der Waals surface area contributed by atoms with Gasteiger partial charge in [0.1, 0.15) is 29.6 Å². The molecule has 0 amide bonds. The van der Waals surface area contributed by atoms with Crippen LogP contribution in [0, 0.1) is 12.7 Å². The van der Waals surface area contributed by atoms with Crippen molar-refractivity contribution in [3.05, 3.63) is 94.6 Å². The summed E-state index contributed by atoms with van der Waals surface area (Å²) >= 11 is 5.88. The van der Waals surface area contributed by atoms with E-state index in [9.17, 15) is 22.7 Å². The van der Waals surface area contributed by atoms with Gasteiger partial charge in [-0.05, 0) is 73.7 Å². The van der Waals surface area contributed by atoms with Crippen molar-refractivity contribution >= 4 is 33.3 Å². The number of aromatic carboxylic acids is 1. The third-order valence-corrected chi connectivity index (χ3v) is 6.57. The third kappa shape index (κ3) is 5.61. The highest BCUT2D eigenvalue weighted by Crippen LogP contribution is 2.26. The van der Waals surface area contributed by atoms with Gasteiger partial charge < -0.3 is 14.3 Å². The SMILES string of the molecule is Cc1oc(-c2ccc(F)cc2)nc1COc1ccc(S(=O)(=O)Nc2cc(Cl)ccc2C(=O)O)cc1. The monoisotopic (exact) mass is 516 g/mol. The molecular weight excluding hydrogens is 499 g/mol. The van der Waals surface area contributed by atoms with Gasteiger partial charge in [0, 0.05) is 10.6 Å². The highest BCUT2D eigenvalue weighted by Gasteiger charge is 2.19. The van der Waals surface area contributed by atoms with Crippen molar-refractivity contribution in [1.29, 1.82) is 0 Å². The lowest BCUT2D eigenvalue weighted by atomic mass is 10.2. The van der Waals surface area contributed by atoms with E-state index in [0.717, 1.165) is 0 Å². The first-order chi connectivity index (χ1) is 16.6. The highest BCUT2D eigenvalue weighted by atomic mass is 35.5. The van der Waals surface area contributed by atoms with Crippen LogP contribution in [-0.2, 0) is 16.6 Å². The minimum absolute atomic E-state index is 0.0609. The molecule has 4 rings (SSSR count). The standard InChI is InChI=1S/C24H18ClFN2O6S/c1-14-22(27-23(34-14)15-2-5-17(26)6-3-15)13-33-18-7-9-19(10-8-18)35(31,32)28-21-12-16(25)4-11-20(21)24(29)30/h2-12,28H,13H2,1H3,(H,29,30). The molecule has 0 unspecified atom stereocenters. The molecule has 0 spiro atoms. The Morgan fingerprint density at radius 2 is 1.80 bits per heavy atom. The molecule has 0 aliphatic carbocycles. The van der Waals surface area contributed by atoms with E-state index in [1.165, 1.54) is 54.6 Å². The van der Waals surface area contributed by atoms with Gasteiger partial charge in [-0.2, -0.15) is 0 Å². The van der Waals surface area contributed by atoms with Gasteiger partial charge in [-0.3, -0.25) is 4.72 Å². The lowest BCUT2D eigenvalue weighted by molar-refractivity contribution is 0.0698. The minimum Gasteiger partial charge on any atom is -0.487 e. The molecule has 0 atom stereocenters. The molecule has 4 aromatic rings. The van der Waals surface area contributed by atoms with E-state index in [1.807, 2.05) is 0 Å². The van der Waals surface area contributed by atoms with E-state index in [4.69, 9.17) is 20.8 Å². The van der Waals surface area contributed by atoms with E-state index < -0.39 is 16.0 Å². The van der Waals surface area contributed by atoms with Crippen molar-refractivity contribution in [3.8, 4) is 17.2 Å². The number of benzene rings is 3. The van der Waals surface area contributed by atoms with Gasteiger partial charge in [0.25, 0.3) is 10.0 Å². The van der Waals surface area contributed by atoms with E-state index in [1.54, 1.807) is 19.1 Å². The van der Waals surface area contributed by atoms with Crippen LogP contribution in [0.5, 0.6) is 5.75 Å². The maximum absolute atomic E-state index is 13.1. The fraction of sp³-hybridized carbons (Fsp3) is 0.0833. The third-order valence-electron chi connectivity index (χ3n) is 4.95. The van der Waals surface area contributed by atoms with Crippen molar-refractivity contribution in [3.63, 3.8) is 0 Å². The highest BCUT2D eigenvalue weighted by molar-refractivity contribution is 7.92. The molecule has 11 heteroatoms. The number of halogens is 2. The molecule has 3 aromatic carbocycles. The number of ether oxygens (including phenoxy) is 1. The van der Waals surface area contributed by atoms with Crippen molar-refractivity contribution in [2.24, 2.45) is 0 Å². The molecule has 0 aliphatic heterocycles. The van der Waals surface area contributed by atoms with Gasteiger partial charge in [-0.25, -0.2) is 22.6 Å². The Morgan fingerprint density at radius 1 is 1.11 bits per heavy atom. The number of aromatic nitrogens is 1. The number of nitrogens with zero attached hydrogens (tertiary/aromatic N) is 1. The molecule has 0 aliphatic rings. The average molecular weight is 517 g/mol. The molecule has 8 nitrogen and oxygen atoms in total. The second-order valence-corrected chi connectivity index (χ2v) is 9.51. The molecule has 0 saturated carbocycles. The van der Waals surface area contributed by atoms with Crippen LogP contribution in [0.15, 0.2) is 76.0 Å². The van der Waals surface area contributed by atoms with Crippen molar-refractivity contribution in [2.45, 2.75) is 18.4 Å². The van der Waals surface area contributed by atoms with E-state index in [2.05, 4.69) is 9.71 Å². The molecule has 0 bridgehead atoms. The number of aryl methyl sites for hydroxylation is 1. The Morgan fingerprint density at radius 3 is 2.46 bits per heavy atom. The van der Waals surface area contributed by atoms with Crippen LogP contribution in [-0.4, -0.2) is 24.5 Å². The number of carbonyl (C=O) groups is 1. The molecule has 0 radical (unpaired) electrons. The quantitative estimate of drug-likeness (QED) is 0.316. The van der Waals surface area contributed by atoms with Crippen molar-refractivity contribution < 1.29 is 31.9 Å². The molecule has 35 heavy (non-hydrogen) atoms. The van der Waals surface area contributed by atoms with Crippen LogP contribution in [0.4, 0.5) is 10.1 Å². The van der Waals surface area contributed by atoms with Crippen LogP contribution >= 0.6 is 11.6 Å². The number of carboxylic acids is 1. The second-order valence-electron chi connectivity index (χ2n) is 7.39. The predicted octanol–water partition coefficient (Wildman–Crippen LogP) is 5.52. The average Bonchev–Trinajstić information content (AvgIpc) is 3.18.